The molecule has 4 heteroatoms. The number of carbonyl (C=O) groups is 2. The van der Waals surface area contributed by atoms with Gasteiger partial charge in [0.1, 0.15) is 0 Å². The Morgan fingerprint density at radius 3 is 1.94 bits per heavy atom. The molecule has 0 unspecified atom stereocenters. The van der Waals surface area contributed by atoms with Crippen LogP contribution in [0, 0.1) is 5.41 Å². The Labute approximate surface area is 96.7 Å². The lowest BCUT2D eigenvalue weighted by atomic mass is 9.82. The van der Waals surface area contributed by atoms with Gasteiger partial charge in [0.15, 0.2) is 0 Å². The molecule has 94 valence electrons. The zero-order chi connectivity index (χ0) is 12.6. The summed E-state index contributed by atoms with van der Waals surface area (Å²) in [6, 6.07) is 0. The van der Waals surface area contributed by atoms with Crippen molar-refractivity contribution in [2.45, 2.75) is 58.8 Å². The molecule has 2 N–H and O–H groups in total. The van der Waals surface area contributed by atoms with Crippen molar-refractivity contribution in [3.63, 3.8) is 0 Å². The van der Waals surface area contributed by atoms with Crippen LogP contribution in [0.15, 0.2) is 0 Å². The molecule has 0 saturated carbocycles. The van der Waals surface area contributed by atoms with Crippen molar-refractivity contribution in [3.05, 3.63) is 0 Å². The van der Waals surface area contributed by atoms with Gasteiger partial charge >= 0.3 is 11.9 Å². The van der Waals surface area contributed by atoms with E-state index in [1.165, 1.54) is 0 Å². The van der Waals surface area contributed by atoms with Crippen molar-refractivity contribution in [2.75, 3.05) is 0 Å². The van der Waals surface area contributed by atoms with E-state index in [1.807, 2.05) is 0 Å². The molecule has 0 aliphatic heterocycles. The third-order valence-corrected chi connectivity index (χ3v) is 2.76. The Hall–Kier alpha value is -1.06. The third-order valence-electron chi connectivity index (χ3n) is 2.76. The Balaban J connectivity index is 3.57. The summed E-state index contributed by atoms with van der Waals surface area (Å²) < 4.78 is 0. The van der Waals surface area contributed by atoms with Crippen LogP contribution in [-0.2, 0) is 9.59 Å². The van der Waals surface area contributed by atoms with Gasteiger partial charge in [-0.25, -0.2) is 0 Å². The quantitative estimate of drug-likeness (QED) is 0.597. The second-order valence-electron chi connectivity index (χ2n) is 5.01. The van der Waals surface area contributed by atoms with Crippen molar-refractivity contribution in [3.8, 4) is 0 Å². The first-order valence-electron chi connectivity index (χ1n) is 5.77. The highest BCUT2D eigenvalue weighted by molar-refractivity contribution is 5.66. The van der Waals surface area contributed by atoms with E-state index in [1.54, 1.807) is 0 Å². The van der Waals surface area contributed by atoms with Crippen LogP contribution in [0.25, 0.3) is 0 Å². The van der Waals surface area contributed by atoms with Gasteiger partial charge < -0.3 is 10.2 Å². The standard InChI is InChI=1S/C12H22O4/c1-12(2,9-7-11(15)16)8-5-3-4-6-10(13)14/h3-9H2,1-2H3,(H,13,14)(H,15,16). The molecule has 0 aromatic rings. The van der Waals surface area contributed by atoms with Crippen LogP contribution in [0.4, 0.5) is 0 Å². The fourth-order valence-corrected chi connectivity index (χ4v) is 1.63. The molecule has 0 amide bonds. The van der Waals surface area contributed by atoms with E-state index in [9.17, 15) is 9.59 Å². The molecule has 0 fully saturated rings. The lowest BCUT2D eigenvalue weighted by Gasteiger charge is -2.23. The van der Waals surface area contributed by atoms with Gasteiger partial charge in [0, 0.05) is 12.8 Å². The molecule has 0 aliphatic carbocycles. The largest absolute Gasteiger partial charge is 0.481 e. The zero-order valence-electron chi connectivity index (χ0n) is 10.2. The second-order valence-corrected chi connectivity index (χ2v) is 5.01. The normalized spacial score (nSPS) is 11.4. The van der Waals surface area contributed by atoms with Crippen molar-refractivity contribution in [2.24, 2.45) is 5.41 Å². The minimum Gasteiger partial charge on any atom is -0.481 e. The Bertz CT molecular complexity index is 233. The van der Waals surface area contributed by atoms with Crippen LogP contribution >= 0.6 is 0 Å². The highest BCUT2D eigenvalue weighted by Crippen LogP contribution is 2.29. The third kappa shape index (κ3) is 9.49. The number of carboxylic acids is 2. The average Bonchev–Trinajstić information content (AvgIpc) is 2.14. The fraction of sp³-hybridized carbons (Fsp3) is 0.833. The van der Waals surface area contributed by atoms with E-state index in [4.69, 9.17) is 10.2 Å². The topological polar surface area (TPSA) is 74.6 Å². The molecule has 0 atom stereocenters. The van der Waals surface area contributed by atoms with Gasteiger partial charge in [-0.05, 0) is 24.7 Å². The summed E-state index contributed by atoms with van der Waals surface area (Å²) in [7, 11) is 0. The first kappa shape index (κ1) is 14.9. The molecule has 16 heavy (non-hydrogen) atoms. The molecular weight excluding hydrogens is 208 g/mol. The molecule has 0 heterocycles. The summed E-state index contributed by atoms with van der Waals surface area (Å²) in [6.45, 7) is 4.13. The van der Waals surface area contributed by atoms with Gasteiger partial charge in [0.25, 0.3) is 0 Å². The van der Waals surface area contributed by atoms with Gasteiger partial charge in [0.05, 0.1) is 0 Å². The maximum Gasteiger partial charge on any atom is 0.303 e. The smallest absolute Gasteiger partial charge is 0.303 e. The Kier molecular flexibility index (Phi) is 6.77. The van der Waals surface area contributed by atoms with E-state index in [0.29, 0.717) is 12.8 Å². The van der Waals surface area contributed by atoms with E-state index < -0.39 is 11.9 Å². The number of carboxylic acid groups (broad SMARTS) is 2. The van der Waals surface area contributed by atoms with Gasteiger partial charge in [-0.3, -0.25) is 9.59 Å². The molecule has 4 nitrogen and oxygen atoms in total. The summed E-state index contributed by atoms with van der Waals surface area (Å²) in [5.74, 6) is -1.50. The second kappa shape index (κ2) is 7.25. The predicted molar refractivity (Wildman–Crippen MR) is 61.4 cm³/mol. The van der Waals surface area contributed by atoms with Crippen molar-refractivity contribution in [1.82, 2.24) is 0 Å². The number of rotatable bonds is 9. The molecule has 0 aliphatic rings. The SMILES string of the molecule is CC(C)(CCCCCC(=O)O)CCC(=O)O. The van der Waals surface area contributed by atoms with Crippen LogP contribution in [-0.4, -0.2) is 22.2 Å². The van der Waals surface area contributed by atoms with E-state index in [2.05, 4.69) is 13.8 Å². The maximum absolute atomic E-state index is 10.4. The monoisotopic (exact) mass is 230 g/mol. The molecule has 0 radical (unpaired) electrons. The summed E-state index contributed by atoms with van der Waals surface area (Å²) in [5, 5.41) is 17.0. The lowest BCUT2D eigenvalue weighted by Crippen LogP contribution is -2.13. The lowest BCUT2D eigenvalue weighted by molar-refractivity contribution is -0.138. The molecule has 0 spiro atoms. The first-order valence-corrected chi connectivity index (χ1v) is 5.77. The molecular formula is C12H22O4. The first-order chi connectivity index (χ1) is 7.33. The minimum absolute atomic E-state index is 0.0433. The highest BCUT2D eigenvalue weighted by atomic mass is 16.4. The molecule has 0 rings (SSSR count). The molecule has 0 saturated heterocycles. The number of hydrogen-bond donors (Lipinski definition) is 2. The van der Waals surface area contributed by atoms with Gasteiger partial charge in [-0.15, -0.1) is 0 Å². The van der Waals surface area contributed by atoms with E-state index in [-0.39, 0.29) is 18.3 Å². The van der Waals surface area contributed by atoms with Crippen LogP contribution in [0.2, 0.25) is 0 Å². The van der Waals surface area contributed by atoms with E-state index in [0.717, 1.165) is 19.3 Å². The minimum atomic E-state index is -0.751. The fourth-order valence-electron chi connectivity index (χ4n) is 1.63. The molecule has 0 aromatic carbocycles. The summed E-state index contributed by atoms with van der Waals surface area (Å²) in [5.41, 5.74) is 0.0433. The average molecular weight is 230 g/mol. The van der Waals surface area contributed by atoms with Crippen LogP contribution < -0.4 is 0 Å². The zero-order valence-corrected chi connectivity index (χ0v) is 10.2. The summed E-state index contributed by atoms with van der Waals surface area (Å²) in [4.78, 5) is 20.7. The number of aliphatic carboxylic acids is 2. The molecule has 0 aromatic heterocycles. The van der Waals surface area contributed by atoms with Gasteiger partial charge in [-0.2, -0.15) is 0 Å². The van der Waals surface area contributed by atoms with Crippen molar-refractivity contribution >= 4 is 11.9 Å². The summed E-state index contributed by atoms with van der Waals surface area (Å²) in [6.07, 6.45) is 4.67. The van der Waals surface area contributed by atoms with Crippen LogP contribution in [0.1, 0.15) is 58.8 Å². The van der Waals surface area contributed by atoms with Gasteiger partial charge in [-0.1, -0.05) is 26.7 Å². The Morgan fingerprint density at radius 2 is 1.44 bits per heavy atom. The summed E-state index contributed by atoms with van der Waals surface area (Å²) >= 11 is 0. The number of unbranched alkanes of at least 4 members (excludes halogenated alkanes) is 2. The van der Waals surface area contributed by atoms with Crippen LogP contribution in [0.5, 0.6) is 0 Å². The highest BCUT2D eigenvalue weighted by Gasteiger charge is 2.18. The van der Waals surface area contributed by atoms with Gasteiger partial charge in [0.2, 0.25) is 0 Å². The maximum atomic E-state index is 10.4. The van der Waals surface area contributed by atoms with Crippen molar-refractivity contribution < 1.29 is 19.8 Å². The van der Waals surface area contributed by atoms with Crippen molar-refractivity contribution in [1.29, 1.82) is 0 Å². The Morgan fingerprint density at radius 1 is 0.875 bits per heavy atom. The van der Waals surface area contributed by atoms with E-state index >= 15 is 0 Å². The number of hydrogen-bond acceptors (Lipinski definition) is 2. The molecule has 0 bridgehead atoms. The predicted octanol–water partition coefficient (Wildman–Crippen LogP) is 2.91. The van der Waals surface area contributed by atoms with Crippen LogP contribution in [0.3, 0.4) is 0 Å².